The van der Waals surface area contributed by atoms with Gasteiger partial charge in [-0.15, -0.1) is 0 Å². The normalized spacial score (nSPS) is 22.9. The summed E-state index contributed by atoms with van der Waals surface area (Å²) < 4.78 is 5.57. The van der Waals surface area contributed by atoms with E-state index in [-0.39, 0.29) is 17.4 Å². The van der Waals surface area contributed by atoms with E-state index in [4.69, 9.17) is 16.3 Å². The van der Waals surface area contributed by atoms with Gasteiger partial charge in [-0.3, -0.25) is 4.79 Å². The number of hydrogen-bond donors (Lipinski definition) is 2. The zero-order chi connectivity index (χ0) is 15.2. The third kappa shape index (κ3) is 2.31. The number of amides is 1. The van der Waals surface area contributed by atoms with Crippen LogP contribution in [-0.2, 0) is 14.9 Å². The Morgan fingerprint density at radius 2 is 2.32 bits per heavy atom. The molecule has 4 nitrogen and oxygen atoms in total. The SMILES string of the molecule is O=C(NCC1CCCO1)C1(c2c[nH]c3ccc(Cl)cc23)CC1. The molecule has 1 saturated carbocycles. The number of halogens is 1. The van der Waals surface area contributed by atoms with Gasteiger partial charge in [-0.2, -0.15) is 0 Å². The van der Waals surface area contributed by atoms with Crippen LogP contribution in [0.3, 0.4) is 0 Å². The summed E-state index contributed by atoms with van der Waals surface area (Å²) in [6, 6.07) is 5.76. The fourth-order valence-corrected chi connectivity index (χ4v) is 3.59. The molecule has 0 bridgehead atoms. The molecule has 1 aliphatic carbocycles. The number of ether oxygens (including phenoxy) is 1. The fraction of sp³-hybridized carbons (Fsp3) is 0.471. The lowest BCUT2D eigenvalue weighted by atomic mass is 9.94. The van der Waals surface area contributed by atoms with Crippen LogP contribution in [0.1, 0.15) is 31.2 Å². The molecule has 1 aromatic heterocycles. The number of carbonyl (C=O) groups is 1. The van der Waals surface area contributed by atoms with Crippen molar-refractivity contribution in [3.05, 3.63) is 35.0 Å². The average Bonchev–Trinajstić information content (AvgIpc) is 2.97. The van der Waals surface area contributed by atoms with Crippen molar-refractivity contribution in [2.24, 2.45) is 0 Å². The second-order valence-corrected chi connectivity index (χ2v) is 6.76. The van der Waals surface area contributed by atoms with Crippen LogP contribution < -0.4 is 5.32 Å². The molecular weight excluding hydrogens is 300 g/mol. The van der Waals surface area contributed by atoms with Gasteiger partial charge in [0.2, 0.25) is 5.91 Å². The second-order valence-electron chi connectivity index (χ2n) is 6.32. The predicted octanol–water partition coefficient (Wildman–Crippen LogP) is 3.15. The van der Waals surface area contributed by atoms with E-state index < -0.39 is 0 Å². The number of aromatic amines is 1. The molecule has 116 valence electrons. The van der Waals surface area contributed by atoms with E-state index in [0.717, 1.165) is 48.8 Å². The van der Waals surface area contributed by atoms with Crippen molar-refractivity contribution in [2.75, 3.05) is 13.2 Å². The largest absolute Gasteiger partial charge is 0.376 e. The maximum absolute atomic E-state index is 12.7. The number of H-pyrrole nitrogens is 1. The summed E-state index contributed by atoms with van der Waals surface area (Å²) in [5.41, 5.74) is 1.70. The Hall–Kier alpha value is -1.52. The fourth-order valence-electron chi connectivity index (χ4n) is 3.41. The van der Waals surface area contributed by atoms with Crippen LogP contribution in [0.15, 0.2) is 24.4 Å². The van der Waals surface area contributed by atoms with Gasteiger partial charge in [0.25, 0.3) is 0 Å². The first kappa shape index (κ1) is 14.1. The van der Waals surface area contributed by atoms with Crippen molar-refractivity contribution < 1.29 is 9.53 Å². The Balaban J connectivity index is 1.56. The van der Waals surface area contributed by atoms with E-state index >= 15 is 0 Å². The zero-order valence-electron chi connectivity index (χ0n) is 12.3. The Bertz CT molecular complexity index is 715. The summed E-state index contributed by atoms with van der Waals surface area (Å²) in [5, 5.41) is 4.84. The highest BCUT2D eigenvalue weighted by atomic mass is 35.5. The Kier molecular flexibility index (Phi) is 3.39. The molecule has 4 rings (SSSR count). The van der Waals surface area contributed by atoms with Crippen molar-refractivity contribution >= 4 is 28.4 Å². The molecule has 2 aliphatic rings. The maximum atomic E-state index is 12.7. The van der Waals surface area contributed by atoms with E-state index in [2.05, 4.69) is 10.3 Å². The first-order chi connectivity index (χ1) is 10.7. The topological polar surface area (TPSA) is 54.1 Å². The third-order valence-corrected chi connectivity index (χ3v) is 5.09. The third-order valence-electron chi connectivity index (χ3n) is 4.86. The lowest BCUT2D eigenvalue weighted by Crippen LogP contribution is -2.39. The van der Waals surface area contributed by atoms with Crippen LogP contribution in [0.25, 0.3) is 10.9 Å². The van der Waals surface area contributed by atoms with Crippen LogP contribution in [0.4, 0.5) is 0 Å². The quantitative estimate of drug-likeness (QED) is 0.910. The lowest BCUT2D eigenvalue weighted by molar-refractivity contribution is -0.124. The summed E-state index contributed by atoms with van der Waals surface area (Å²) in [5.74, 6) is 0.115. The van der Waals surface area contributed by atoms with E-state index in [0.29, 0.717) is 11.6 Å². The molecule has 2 N–H and O–H groups in total. The van der Waals surface area contributed by atoms with Gasteiger partial charge >= 0.3 is 0 Å². The Morgan fingerprint density at radius 1 is 1.45 bits per heavy atom. The molecule has 1 atom stereocenters. The predicted molar refractivity (Wildman–Crippen MR) is 86.2 cm³/mol. The van der Waals surface area contributed by atoms with Crippen molar-refractivity contribution in [3.63, 3.8) is 0 Å². The summed E-state index contributed by atoms with van der Waals surface area (Å²) in [6.45, 7) is 1.43. The lowest BCUT2D eigenvalue weighted by Gasteiger charge is -2.17. The number of fused-ring (bicyclic) bond motifs is 1. The molecule has 1 saturated heterocycles. The molecule has 1 unspecified atom stereocenters. The summed E-state index contributed by atoms with van der Waals surface area (Å²) in [6.07, 6.45) is 6.05. The molecule has 0 radical (unpaired) electrons. The van der Waals surface area contributed by atoms with Crippen LogP contribution in [0.2, 0.25) is 5.02 Å². The van der Waals surface area contributed by atoms with Crippen LogP contribution in [0.5, 0.6) is 0 Å². The summed E-state index contributed by atoms with van der Waals surface area (Å²) >= 11 is 6.11. The zero-order valence-corrected chi connectivity index (χ0v) is 13.1. The maximum Gasteiger partial charge on any atom is 0.230 e. The van der Waals surface area contributed by atoms with Gasteiger partial charge in [0.15, 0.2) is 0 Å². The van der Waals surface area contributed by atoms with Crippen molar-refractivity contribution in [1.29, 1.82) is 0 Å². The first-order valence-corrected chi connectivity index (χ1v) is 8.24. The van der Waals surface area contributed by atoms with Crippen molar-refractivity contribution in [2.45, 2.75) is 37.2 Å². The molecule has 1 aromatic carbocycles. The first-order valence-electron chi connectivity index (χ1n) is 7.86. The van der Waals surface area contributed by atoms with E-state index in [1.165, 1.54) is 0 Å². The molecule has 2 fully saturated rings. The molecule has 5 heteroatoms. The summed E-state index contributed by atoms with van der Waals surface area (Å²) in [4.78, 5) is 15.9. The number of hydrogen-bond acceptors (Lipinski definition) is 2. The number of benzene rings is 1. The highest BCUT2D eigenvalue weighted by molar-refractivity contribution is 6.31. The molecule has 0 spiro atoms. The Morgan fingerprint density at radius 3 is 3.05 bits per heavy atom. The molecule has 1 aliphatic heterocycles. The highest BCUT2D eigenvalue weighted by Crippen LogP contribution is 2.50. The van der Waals surface area contributed by atoms with Gasteiger partial charge in [-0.25, -0.2) is 0 Å². The smallest absolute Gasteiger partial charge is 0.230 e. The van der Waals surface area contributed by atoms with Gasteiger partial charge in [0.1, 0.15) is 0 Å². The Labute approximate surface area is 134 Å². The van der Waals surface area contributed by atoms with E-state index in [9.17, 15) is 4.79 Å². The molecular formula is C17H19ClN2O2. The van der Waals surface area contributed by atoms with Crippen molar-refractivity contribution in [1.82, 2.24) is 10.3 Å². The summed E-state index contributed by atoms with van der Waals surface area (Å²) in [7, 11) is 0. The van der Waals surface area contributed by atoms with E-state index in [1.807, 2.05) is 24.4 Å². The monoisotopic (exact) mass is 318 g/mol. The minimum absolute atomic E-state index is 0.115. The molecule has 2 heterocycles. The van der Waals surface area contributed by atoms with Gasteiger partial charge in [0.05, 0.1) is 11.5 Å². The molecule has 22 heavy (non-hydrogen) atoms. The van der Waals surface area contributed by atoms with Crippen LogP contribution >= 0.6 is 11.6 Å². The van der Waals surface area contributed by atoms with E-state index in [1.54, 1.807) is 0 Å². The minimum Gasteiger partial charge on any atom is -0.376 e. The van der Waals surface area contributed by atoms with Gasteiger partial charge in [-0.1, -0.05) is 11.6 Å². The van der Waals surface area contributed by atoms with Gasteiger partial charge in [0, 0.05) is 35.3 Å². The van der Waals surface area contributed by atoms with Crippen molar-refractivity contribution in [3.8, 4) is 0 Å². The highest BCUT2D eigenvalue weighted by Gasteiger charge is 2.52. The number of nitrogens with one attached hydrogen (secondary N) is 2. The van der Waals surface area contributed by atoms with Crippen LogP contribution in [0, 0.1) is 0 Å². The average molecular weight is 319 g/mol. The minimum atomic E-state index is -0.387. The van der Waals surface area contributed by atoms with Gasteiger partial charge in [-0.05, 0) is 49.4 Å². The standard InChI is InChI=1S/C17H19ClN2O2/c18-11-3-4-15-13(8-11)14(10-19-15)17(5-6-17)16(21)20-9-12-2-1-7-22-12/h3-4,8,10,12,19H,1-2,5-7,9H2,(H,20,21). The second kappa shape index (κ2) is 5.28. The van der Waals surface area contributed by atoms with Gasteiger partial charge < -0.3 is 15.0 Å². The number of aromatic nitrogens is 1. The molecule has 2 aromatic rings. The number of rotatable bonds is 4. The van der Waals surface area contributed by atoms with Crippen LogP contribution in [-0.4, -0.2) is 30.1 Å². The number of carbonyl (C=O) groups excluding carboxylic acids is 1. The molecule has 1 amide bonds.